The van der Waals surface area contributed by atoms with Gasteiger partial charge in [0, 0.05) is 6.42 Å². The number of benzene rings is 1. The fourth-order valence-electron chi connectivity index (χ4n) is 1.78. The van der Waals surface area contributed by atoms with E-state index in [9.17, 15) is 9.90 Å². The van der Waals surface area contributed by atoms with Gasteiger partial charge < -0.3 is 20.3 Å². The maximum atomic E-state index is 11.1. The Morgan fingerprint density at radius 1 is 1.45 bits per heavy atom. The number of esters is 1. The van der Waals surface area contributed by atoms with Crippen LogP contribution < -0.4 is 10.5 Å². The third-order valence-corrected chi connectivity index (χ3v) is 2.78. The second-order valence-electron chi connectivity index (χ2n) is 4.42. The molecule has 0 aliphatic heterocycles. The zero-order chi connectivity index (χ0) is 14.8. The lowest BCUT2D eigenvalue weighted by molar-refractivity contribution is -0.143. The van der Waals surface area contributed by atoms with Crippen molar-refractivity contribution in [3.05, 3.63) is 29.8 Å². The molecule has 20 heavy (non-hydrogen) atoms. The van der Waals surface area contributed by atoms with Crippen molar-refractivity contribution in [1.82, 2.24) is 0 Å². The molecule has 0 saturated carbocycles. The molecule has 1 atom stereocenters. The summed E-state index contributed by atoms with van der Waals surface area (Å²) in [5, 5.41) is 9.85. The predicted molar refractivity (Wildman–Crippen MR) is 76.4 cm³/mol. The van der Waals surface area contributed by atoms with E-state index in [0.717, 1.165) is 5.56 Å². The van der Waals surface area contributed by atoms with Gasteiger partial charge in [-0.2, -0.15) is 0 Å². The first-order valence-corrected chi connectivity index (χ1v) is 6.94. The molecule has 0 aliphatic rings. The van der Waals surface area contributed by atoms with Gasteiger partial charge in [0.25, 0.3) is 0 Å². The van der Waals surface area contributed by atoms with E-state index in [4.69, 9.17) is 15.2 Å². The first kappa shape index (κ1) is 16.5. The van der Waals surface area contributed by atoms with Crippen molar-refractivity contribution in [1.29, 1.82) is 0 Å². The van der Waals surface area contributed by atoms with Crippen molar-refractivity contribution in [2.45, 2.75) is 32.3 Å². The summed E-state index contributed by atoms with van der Waals surface area (Å²) in [6, 6.07) is 7.29. The van der Waals surface area contributed by atoms with Gasteiger partial charge in [-0.05, 0) is 44.0 Å². The Labute approximate surface area is 119 Å². The predicted octanol–water partition coefficient (Wildman–Crippen LogP) is 1.79. The Morgan fingerprint density at radius 2 is 2.25 bits per heavy atom. The molecular formula is C15H23NO4. The molecule has 0 bridgehead atoms. The Hall–Kier alpha value is -1.59. The van der Waals surface area contributed by atoms with Gasteiger partial charge in [0.1, 0.15) is 5.75 Å². The molecule has 5 nitrogen and oxygen atoms in total. The summed E-state index contributed by atoms with van der Waals surface area (Å²) in [5.41, 5.74) is 6.21. The Morgan fingerprint density at radius 3 is 2.95 bits per heavy atom. The maximum absolute atomic E-state index is 11.1. The van der Waals surface area contributed by atoms with Crippen molar-refractivity contribution in [2.24, 2.45) is 5.73 Å². The number of rotatable bonds is 9. The largest absolute Gasteiger partial charge is 0.494 e. The number of carbonyl (C=O) groups excluding carboxylic acids is 1. The molecule has 0 aromatic heterocycles. The highest BCUT2D eigenvalue weighted by Crippen LogP contribution is 2.21. The van der Waals surface area contributed by atoms with Crippen molar-refractivity contribution in [3.8, 4) is 5.75 Å². The standard InChI is InChI=1S/C15H23NO4/c1-2-19-15(18)7-4-10-20-13-6-3-5-12(11-13)14(17)8-9-16/h3,5-6,11,14,17H,2,4,7-10,16H2,1H3. The quantitative estimate of drug-likeness (QED) is 0.532. The second kappa shape index (κ2) is 9.34. The molecule has 1 rings (SSSR count). The molecule has 112 valence electrons. The van der Waals surface area contributed by atoms with Crippen LogP contribution in [-0.4, -0.2) is 30.8 Å². The van der Waals surface area contributed by atoms with Crippen LogP contribution >= 0.6 is 0 Å². The van der Waals surface area contributed by atoms with Gasteiger partial charge in [0.15, 0.2) is 0 Å². The van der Waals surface area contributed by atoms with E-state index in [1.165, 1.54) is 0 Å². The van der Waals surface area contributed by atoms with E-state index in [-0.39, 0.29) is 5.97 Å². The van der Waals surface area contributed by atoms with E-state index in [1.54, 1.807) is 13.0 Å². The van der Waals surface area contributed by atoms with E-state index in [1.807, 2.05) is 18.2 Å². The molecule has 1 unspecified atom stereocenters. The Balaban J connectivity index is 2.37. The highest BCUT2D eigenvalue weighted by molar-refractivity contribution is 5.69. The highest BCUT2D eigenvalue weighted by atomic mass is 16.5. The Bertz CT molecular complexity index is 409. The van der Waals surface area contributed by atoms with E-state index < -0.39 is 6.10 Å². The maximum Gasteiger partial charge on any atom is 0.305 e. The van der Waals surface area contributed by atoms with Gasteiger partial charge in [-0.15, -0.1) is 0 Å². The van der Waals surface area contributed by atoms with Gasteiger partial charge in [-0.25, -0.2) is 0 Å². The summed E-state index contributed by atoms with van der Waals surface area (Å²) in [6.45, 7) is 3.06. The van der Waals surface area contributed by atoms with Crippen LogP contribution in [0.1, 0.15) is 37.9 Å². The molecule has 0 spiro atoms. The third-order valence-electron chi connectivity index (χ3n) is 2.78. The average Bonchev–Trinajstić information content (AvgIpc) is 2.44. The molecule has 0 saturated heterocycles. The van der Waals surface area contributed by atoms with Crippen molar-refractivity contribution >= 4 is 5.97 Å². The average molecular weight is 281 g/mol. The van der Waals surface area contributed by atoms with Crippen LogP contribution in [0.4, 0.5) is 0 Å². The SMILES string of the molecule is CCOC(=O)CCCOc1cccc(C(O)CCN)c1. The summed E-state index contributed by atoms with van der Waals surface area (Å²) in [4.78, 5) is 11.1. The molecule has 3 N–H and O–H groups in total. The van der Waals surface area contributed by atoms with Gasteiger partial charge in [-0.1, -0.05) is 12.1 Å². The monoisotopic (exact) mass is 281 g/mol. The second-order valence-corrected chi connectivity index (χ2v) is 4.42. The van der Waals surface area contributed by atoms with Crippen LogP contribution in [0, 0.1) is 0 Å². The fourth-order valence-corrected chi connectivity index (χ4v) is 1.78. The number of aliphatic hydroxyl groups excluding tert-OH is 1. The lowest BCUT2D eigenvalue weighted by Gasteiger charge is -2.12. The molecule has 0 heterocycles. The van der Waals surface area contributed by atoms with E-state index >= 15 is 0 Å². The summed E-state index contributed by atoms with van der Waals surface area (Å²) in [7, 11) is 0. The molecule has 0 fully saturated rings. The lowest BCUT2D eigenvalue weighted by atomic mass is 10.1. The molecule has 1 aromatic carbocycles. The normalized spacial score (nSPS) is 11.9. The first-order chi connectivity index (χ1) is 9.67. The highest BCUT2D eigenvalue weighted by Gasteiger charge is 2.07. The summed E-state index contributed by atoms with van der Waals surface area (Å²) in [6.07, 6.45) is 0.910. The number of hydrogen-bond acceptors (Lipinski definition) is 5. The number of nitrogens with two attached hydrogens (primary N) is 1. The lowest BCUT2D eigenvalue weighted by Crippen LogP contribution is -2.08. The minimum atomic E-state index is -0.567. The topological polar surface area (TPSA) is 81.8 Å². The van der Waals surface area contributed by atoms with Crippen LogP contribution in [-0.2, 0) is 9.53 Å². The zero-order valence-corrected chi connectivity index (χ0v) is 11.9. The van der Waals surface area contributed by atoms with Crippen LogP contribution in [0.25, 0.3) is 0 Å². The van der Waals surface area contributed by atoms with Gasteiger partial charge >= 0.3 is 5.97 Å². The van der Waals surface area contributed by atoms with Crippen molar-refractivity contribution in [3.63, 3.8) is 0 Å². The molecule has 1 aromatic rings. The fraction of sp³-hybridized carbons (Fsp3) is 0.533. The molecule has 0 radical (unpaired) electrons. The van der Waals surface area contributed by atoms with Gasteiger partial charge in [-0.3, -0.25) is 4.79 Å². The third kappa shape index (κ3) is 6.04. The summed E-state index contributed by atoms with van der Waals surface area (Å²) < 4.78 is 10.4. The number of aliphatic hydroxyl groups is 1. The van der Waals surface area contributed by atoms with Crippen LogP contribution in [0.3, 0.4) is 0 Å². The van der Waals surface area contributed by atoms with E-state index in [2.05, 4.69) is 0 Å². The van der Waals surface area contributed by atoms with Crippen LogP contribution in [0.5, 0.6) is 5.75 Å². The Kier molecular flexibility index (Phi) is 7.69. The van der Waals surface area contributed by atoms with Gasteiger partial charge in [0.05, 0.1) is 19.3 Å². The minimum Gasteiger partial charge on any atom is -0.494 e. The number of hydrogen-bond donors (Lipinski definition) is 2. The van der Waals surface area contributed by atoms with Crippen molar-refractivity contribution < 1.29 is 19.4 Å². The molecular weight excluding hydrogens is 258 g/mol. The summed E-state index contributed by atoms with van der Waals surface area (Å²) >= 11 is 0. The van der Waals surface area contributed by atoms with Crippen LogP contribution in [0.2, 0.25) is 0 Å². The minimum absolute atomic E-state index is 0.205. The number of carbonyl (C=O) groups is 1. The zero-order valence-electron chi connectivity index (χ0n) is 11.9. The van der Waals surface area contributed by atoms with Crippen LogP contribution in [0.15, 0.2) is 24.3 Å². The van der Waals surface area contributed by atoms with E-state index in [0.29, 0.717) is 44.8 Å². The molecule has 0 amide bonds. The molecule has 0 aliphatic carbocycles. The van der Waals surface area contributed by atoms with Gasteiger partial charge in [0.2, 0.25) is 0 Å². The van der Waals surface area contributed by atoms with Crippen molar-refractivity contribution in [2.75, 3.05) is 19.8 Å². The summed E-state index contributed by atoms with van der Waals surface area (Å²) in [5.74, 6) is 0.477. The smallest absolute Gasteiger partial charge is 0.305 e. The molecule has 5 heteroatoms. The first-order valence-electron chi connectivity index (χ1n) is 6.94. The number of ether oxygens (including phenoxy) is 2.